The molecule has 0 aliphatic rings. The van der Waals surface area contributed by atoms with Gasteiger partial charge in [0.15, 0.2) is 11.0 Å². The van der Waals surface area contributed by atoms with Crippen LogP contribution in [0, 0.1) is 0 Å². The number of imidazole rings is 1. The van der Waals surface area contributed by atoms with Gasteiger partial charge in [-0.15, -0.1) is 0 Å². The molecule has 6 nitrogen and oxygen atoms in total. The minimum Gasteiger partial charge on any atom is -0.481 e. The van der Waals surface area contributed by atoms with Crippen LogP contribution in [0.3, 0.4) is 0 Å². The molecule has 0 atom stereocenters. The summed E-state index contributed by atoms with van der Waals surface area (Å²) >= 11 is 1.20. The van der Waals surface area contributed by atoms with E-state index < -0.39 is 5.97 Å². The lowest BCUT2D eigenvalue weighted by Crippen LogP contribution is -2.17. The van der Waals surface area contributed by atoms with Crippen LogP contribution in [-0.2, 0) is 17.3 Å². The van der Waals surface area contributed by atoms with Crippen LogP contribution in [0.5, 0.6) is 0 Å². The van der Waals surface area contributed by atoms with E-state index in [2.05, 4.69) is 30.9 Å². The molecule has 2 rings (SSSR count). The van der Waals surface area contributed by atoms with Crippen molar-refractivity contribution in [3.8, 4) is 5.82 Å². The summed E-state index contributed by atoms with van der Waals surface area (Å²) in [7, 11) is 1.85. The lowest BCUT2D eigenvalue weighted by molar-refractivity contribution is -0.133. The summed E-state index contributed by atoms with van der Waals surface area (Å²) in [5, 5.41) is 13.9. The van der Waals surface area contributed by atoms with Crippen LogP contribution < -0.4 is 0 Å². The Morgan fingerprint density at radius 2 is 2.15 bits per heavy atom. The van der Waals surface area contributed by atoms with E-state index in [1.807, 2.05) is 23.9 Å². The second-order valence-corrected chi connectivity index (χ2v) is 6.48. The number of aromatic nitrogens is 4. The zero-order valence-electron chi connectivity index (χ0n) is 12.0. The maximum absolute atomic E-state index is 10.8. The lowest BCUT2D eigenvalue weighted by Gasteiger charge is -2.20. The minimum atomic E-state index is -0.858. The third-order valence-electron chi connectivity index (χ3n) is 2.75. The summed E-state index contributed by atoms with van der Waals surface area (Å²) < 4.78 is 3.64. The Balaban J connectivity index is 2.48. The van der Waals surface area contributed by atoms with Gasteiger partial charge in [-0.3, -0.25) is 14.0 Å². The molecule has 0 radical (unpaired) electrons. The molecule has 0 amide bonds. The van der Waals surface area contributed by atoms with Gasteiger partial charge in [0.2, 0.25) is 0 Å². The number of carboxylic acids is 1. The highest BCUT2D eigenvalue weighted by Gasteiger charge is 2.24. The van der Waals surface area contributed by atoms with E-state index in [4.69, 9.17) is 5.11 Å². The summed E-state index contributed by atoms with van der Waals surface area (Å²) in [6.45, 7) is 6.28. The van der Waals surface area contributed by atoms with Crippen molar-refractivity contribution >= 4 is 17.7 Å². The summed E-state index contributed by atoms with van der Waals surface area (Å²) in [6, 6.07) is 1.89. The highest BCUT2D eigenvalue weighted by Crippen LogP contribution is 2.29. The van der Waals surface area contributed by atoms with Crippen molar-refractivity contribution in [2.45, 2.75) is 31.3 Å². The van der Waals surface area contributed by atoms with Crippen molar-refractivity contribution in [3.05, 3.63) is 24.2 Å². The molecule has 0 saturated carbocycles. The maximum Gasteiger partial charge on any atom is 0.313 e. The topological polar surface area (TPSA) is 72.9 Å². The van der Waals surface area contributed by atoms with Crippen molar-refractivity contribution in [2.24, 2.45) is 7.05 Å². The monoisotopic (exact) mass is 294 g/mol. The minimum absolute atomic E-state index is 0.0204. The summed E-state index contributed by atoms with van der Waals surface area (Å²) in [6.07, 6.45) is 3.65. The molecule has 0 aliphatic heterocycles. The first-order valence-electron chi connectivity index (χ1n) is 6.22. The SMILES string of the molecule is Cn1ccc(-n2c(C(C)(C)C)cnc2SCC(=O)O)n1. The number of aryl methyl sites for hydroxylation is 1. The highest BCUT2D eigenvalue weighted by molar-refractivity contribution is 7.99. The summed E-state index contributed by atoms with van der Waals surface area (Å²) in [5.74, 6) is -0.126. The normalized spacial score (nSPS) is 11.8. The summed E-state index contributed by atoms with van der Waals surface area (Å²) in [4.78, 5) is 15.1. The number of carboxylic acid groups (broad SMARTS) is 1. The van der Waals surface area contributed by atoms with Gasteiger partial charge in [0.25, 0.3) is 0 Å². The average Bonchev–Trinajstić information content (AvgIpc) is 2.90. The maximum atomic E-state index is 10.8. The van der Waals surface area contributed by atoms with Gasteiger partial charge in [-0.05, 0) is 0 Å². The number of hydrogen-bond donors (Lipinski definition) is 1. The van der Waals surface area contributed by atoms with Crippen LogP contribution in [0.4, 0.5) is 0 Å². The molecule has 1 N–H and O–H groups in total. The van der Waals surface area contributed by atoms with Gasteiger partial charge in [0, 0.05) is 24.7 Å². The van der Waals surface area contributed by atoms with Gasteiger partial charge in [0.05, 0.1) is 17.6 Å². The molecule has 20 heavy (non-hydrogen) atoms. The van der Waals surface area contributed by atoms with Crippen LogP contribution >= 0.6 is 11.8 Å². The van der Waals surface area contributed by atoms with Gasteiger partial charge in [-0.1, -0.05) is 32.5 Å². The first kappa shape index (κ1) is 14.6. The van der Waals surface area contributed by atoms with Gasteiger partial charge in [0.1, 0.15) is 0 Å². The molecule has 2 aromatic rings. The average molecular weight is 294 g/mol. The summed E-state index contributed by atoms with van der Waals surface area (Å²) in [5.41, 5.74) is 0.899. The first-order chi connectivity index (χ1) is 9.29. The highest BCUT2D eigenvalue weighted by atomic mass is 32.2. The Kier molecular flexibility index (Phi) is 3.89. The zero-order chi connectivity index (χ0) is 14.9. The van der Waals surface area contributed by atoms with E-state index in [0.29, 0.717) is 5.16 Å². The molecule has 7 heteroatoms. The number of thioether (sulfide) groups is 1. The number of aliphatic carboxylic acids is 1. The van der Waals surface area contributed by atoms with Crippen LogP contribution in [0.15, 0.2) is 23.6 Å². The molecule has 2 aromatic heterocycles. The Labute approximate surface area is 121 Å². The van der Waals surface area contributed by atoms with E-state index in [-0.39, 0.29) is 11.2 Å². The fourth-order valence-corrected chi connectivity index (χ4v) is 2.54. The van der Waals surface area contributed by atoms with Gasteiger partial charge >= 0.3 is 5.97 Å². The van der Waals surface area contributed by atoms with Crippen LogP contribution in [0.2, 0.25) is 0 Å². The third-order valence-corrected chi connectivity index (χ3v) is 3.69. The Bertz CT molecular complexity index is 625. The van der Waals surface area contributed by atoms with Gasteiger partial charge in [-0.2, -0.15) is 5.10 Å². The van der Waals surface area contributed by atoms with E-state index in [9.17, 15) is 4.79 Å². The standard InChI is InChI=1S/C13H18N4O2S/c1-13(2,3)9-7-14-12(20-8-11(18)19)17(9)10-5-6-16(4)15-10/h5-7H,8H2,1-4H3,(H,18,19). The second kappa shape index (κ2) is 5.32. The Hall–Kier alpha value is -1.76. The van der Waals surface area contributed by atoms with E-state index in [0.717, 1.165) is 11.5 Å². The Morgan fingerprint density at radius 3 is 2.65 bits per heavy atom. The molecule has 0 saturated heterocycles. The number of nitrogens with zero attached hydrogens (tertiary/aromatic N) is 4. The third kappa shape index (κ3) is 3.04. The van der Waals surface area contributed by atoms with Crippen molar-refractivity contribution in [1.29, 1.82) is 0 Å². The largest absolute Gasteiger partial charge is 0.481 e. The first-order valence-corrected chi connectivity index (χ1v) is 7.20. The number of carbonyl (C=O) groups is 1. The second-order valence-electron chi connectivity index (χ2n) is 5.54. The molecule has 108 valence electrons. The molecule has 2 heterocycles. The molecule has 0 spiro atoms. The lowest BCUT2D eigenvalue weighted by atomic mass is 9.92. The van der Waals surface area contributed by atoms with E-state index in [1.165, 1.54) is 11.8 Å². The van der Waals surface area contributed by atoms with Crippen LogP contribution in [0.1, 0.15) is 26.5 Å². The number of hydrogen-bond acceptors (Lipinski definition) is 4. The molecular formula is C13H18N4O2S. The van der Waals surface area contributed by atoms with Crippen LogP contribution in [-0.4, -0.2) is 36.2 Å². The molecule has 0 bridgehead atoms. The molecule has 0 unspecified atom stereocenters. The quantitative estimate of drug-likeness (QED) is 0.874. The molecule has 0 fully saturated rings. The zero-order valence-corrected chi connectivity index (χ0v) is 12.8. The Morgan fingerprint density at radius 1 is 1.45 bits per heavy atom. The van der Waals surface area contributed by atoms with E-state index in [1.54, 1.807) is 10.9 Å². The predicted molar refractivity (Wildman–Crippen MR) is 77.4 cm³/mol. The predicted octanol–water partition coefficient (Wildman–Crippen LogP) is 2.08. The molecular weight excluding hydrogens is 276 g/mol. The van der Waals surface area contributed by atoms with Crippen molar-refractivity contribution in [3.63, 3.8) is 0 Å². The molecule has 0 aliphatic carbocycles. The van der Waals surface area contributed by atoms with Crippen molar-refractivity contribution < 1.29 is 9.90 Å². The van der Waals surface area contributed by atoms with Gasteiger partial charge in [-0.25, -0.2) is 4.98 Å². The molecule has 0 aromatic carbocycles. The van der Waals surface area contributed by atoms with Crippen molar-refractivity contribution in [2.75, 3.05) is 5.75 Å². The van der Waals surface area contributed by atoms with Gasteiger partial charge < -0.3 is 5.11 Å². The number of rotatable bonds is 4. The van der Waals surface area contributed by atoms with Crippen molar-refractivity contribution in [1.82, 2.24) is 19.3 Å². The fourth-order valence-electron chi connectivity index (χ4n) is 1.84. The van der Waals surface area contributed by atoms with Crippen LogP contribution in [0.25, 0.3) is 5.82 Å². The van der Waals surface area contributed by atoms with E-state index >= 15 is 0 Å². The smallest absolute Gasteiger partial charge is 0.313 e. The fraction of sp³-hybridized carbons (Fsp3) is 0.462.